The number of nitrogens with zero attached hydrogens (tertiary/aromatic N) is 2. The lowest BCUT2D eigenvalue weighted by Gasteiger charge is -2.15. The molecule has 1 amide bonds. The van der Waals surface area contributed by atoms with Crippen molar-refractivity contribution in [2.45, 2.75) is 39.8 Å². The normalized spacial score (nSPS) is 12.0. The first-order valence-corrected chi connectivity index (χ1v) is 9.49. The first-order chi connectivity index (χ1) is 13.0. The molecule has 2 N–H and O–H groups in total. The van der Waals surface area contributed by atoms with Gasteiger partial charge in [-0.05, 0) is 43.6 Å². The Kier molecular flexibility index (Phi) is 5.86. The van der Waals surface area contributed by atoms with E-state index in [0.717, 1.165) is 17.5 Å². The lowest BCUT2D eigenvalue weighted by Crippen LogP contribution is -2.30. The summed E-state index contributed by atoms with van der Waals surface area (Å²) < 4.78 is 2.16. The fourth-order valence-corrected chi connectivity index (χ4v) is 3.14. The Bertz CT molecular complexity index is 971. The van der Waals surface area contributed by atoms with Crippen LogP contribution in [0.25, 0.3) is 11.4 Å². The molecular weight excluding hydrogens is 356 g/mol. The van der Waals surface area contributed by atoms with Gasteiger partial charge in [0.2, 0.25) is 5.91 Å². The topological polar surface area (TPSA) is 62.7 Å². The number of aryl methyl sites for hydroxylation is 2. The first kappa shape index (κ1) is 19.0. The third-order valence-electron chi connectivity index (χ3n) is 4.64. The number of hydrogen-bond donors (Lipinski definition) is 2. The largest absolute Gasteiger partial charge is 0.348 e. The first-order valence-electron chi connectivity index (χ1n) is 9.08. The molecule has 0 bridgehead atoms. The van der Waals surface area contributed by atoms with Gasteiger partial charge < -0.3 is 5.32 Å². The Morgan fingerprint density at radius 3 is 2.48 bits per heavy atom. The summed E-state index contributed by atoms with van der Waals surface area (Å²) in [4.78, 5) is 12.6. The SMILES string of the molecule is CCc1ccc(C(C)NC(=O)Cn2c(-c3ccc(C)cc3)n[nH]c2=S)cc1. The van der Waals surface area contributed by atoms with Gasteiger partial charge in [-0.1, -0.05) is 61.0 Å². The van der Waals surface area contributed by atoms with Crippen LogP contribution in [0.1, 0.15) is 36.6 Å². The van der Waals surface area contributed by atoms with Crippen LogP contribution >= 0.6 is 12.2 Å². The van der Waals surface area contributed by atoms with Gasteiger partial charge in [-0.15, -0.1) is 0 Å². The molecular formula is C21H24N4OS. The minimum atomic E-state index is -0.104. The van der Waals surface area contributed by atoms with Gasteiger partial charge in [0.1, 0.15) is 6.54 Å². The van der Waals surface area contributed by atoms with Crippen LogP contribution in [-0.2, 0) is 17.8 Å². The van der Waals surface area contributed by atoms with Crippen molar-refractivity contribution >= 4 is 18.1 Å². The van der Waals surface area contributed by atoms with E-state index < -0.39 is 0 Å². The van der Waals surface area contributed by atoms with E-state index in [2.05, 4.69) is 46.7 Å². The van der Waals surface area contributed by atoms with Crippen LogP contribution in [0.15, 0.2) is 48.5 Å². The van der Waals surface area contributed by atoms with E-state index in [1.165, 1.54) is 11.1 Å². The number of aromatic amines is 1. The molecule has 3 aromatic rings. The van der Waals surface area contributed by atoms with Gasteiger partial charge in [-0.2, -0.15) is 5.10 Å². The molecule has 5 nitrogen and oxygen atoms in total. The highest BCUT2D eigenvalue weighted by Crippen LogP contribution is 2.18. The van der Waals surface area contributed by atoms with Crippen LogP contribution in [0.3, 0.4) is 0 Å². The van der Waals surface area contributed by atoms with Crippen LogP contribution in [0, 0.1) is 11.7 Å². The molecule has 3 rings (SSSR count). The van der Waals surface area contributed by atoms with Gasteiger partial charge in [0.05, 0.1) is 6.04 Å². The Hall–Kier alpha value is -2.73. The second-order valence-corrected chi connectivity index (χ2v) is 7.08. The second kappa shape index (κ2) is 8.31. The maximum Gasteiger partial charge on any atom is 0.240 e. The Labute approximate surface area is 164 Å². The standard InChI is InChI=1S/C21H24N4OS/c1-4-16-7-11-17(12-8-16)15(3)22-19(26)13-25-20(23-24-21(25)27)18-9-5-14(2)6-10-18/h5-12,15H,4,13H2,1-3H3,(H,22,26)(H,24,27). The summed E-state index contributed by atoms with van der Waals surface area (Å²) in [6.07, 6.45) is 1.00. The van der Waals surface area contributed by atoms with E-state index in [0.29, 0.717) is 10.6 Å². The highest BCUT2D eigenvalue weighted by Gasteiger charge is 2.14. The lowest BCUT2D eigenvalue weighted by molar-refractivity contribution is -0.122. The predicted octanol–water partition coefficient (Wildman–Crippen LogP) is 4.36. The summed E-state index contributed by atoms with van der Waals surface area (Å²) in [7, 11) is 0. The van der Waals surface area contributed by atoms with Crippen LogP contribution in [0.5, 0.6) is 0 Å². The van der Waals surface area contributed by atoms with Gasteiger partial charge in [0.25, 0.3) is 0 Å². The number of hydrogen-bond acceptors (Lipinski definition) is 3. The molecule has 1 heterocycles. The molecule has 0 aliphatic heterocycles. The van der Waals surface area contributed by atoms with Crippen LogP contribution < -0.4 is 5.32 Å². The van der Waals surface area contributed by atoms with E-state index in [4.69, 9.17) is 12.2 Å². The van der Waals surface area contributed by atoms with E-state index in [-0.39, 0.29) is 18.5 Å². The van der Waals surface area contributed by atoms with Crippen molar-refractivity contribution in [3.05, 3.63) is 70.0 Å². The molecule has 27 heavy (non-hydrogen) atoms. The second-order valence-electron chi connectivity index (χ2n) is 6.69. The summed E-state index contributed by atoms with van der Waals surface area (Å²) >= 11 is 5.32. The molecule has 0 radical (unpaired) electrons. The Morgan fingerprint density at radius 1 is 1.19 bits per heavy atom. The predicted molar refractivity (Wildman–Crippen MR) is 110 cm³/mol. The quantitative estimate of drug-likeness (QED) is 0.625. The van der Waals surface area contributed by atoms with Gasteiger partial charge in [0.15, 0.2) is 10.6 Å². The molecule has 1 aromatic heterocycles. The van der Waals surface area contributed by atoms with E-state index in [9.17, 15) is 4.79 Å². The Balaban J connectivity index is 1.73. The van der Waals surface area contributed by atoms with E-state index >= 15 is 0 Å². The average Bonchev–Trinajstić information content (AvgIpc) is 3.03. The van der Waals surface area contributed by atoms with Crippen molar-refractivity contribution < 1.29 is 4.79 Å². The van der Waals surface area contributed by atoms with Crippen molar-refractivity contribution in [1.82, 2.24) is 20.1 Å². The number of rotatable bonds is 6. The zero-order valence-corrected chi connectivity index (χ0v) is 16.6. The van der Waals surface area contributed by atoms with Crippen LogP contribution in [-0.4, -0.2) is 20.7 Å². The summed E-state index contributed by atoms with van der Waals surface area (Å²) in [5.41, 5.74) is 4.45. The fourth-order valence-electron chi connectivity index (χ4n) is 2.94. The number of carbonyl (C=O) groups excluding carboxylic acids is 1. The van der Waals surface area contributed by atoms with Crippen LogP contribution in [0.4, 0.5) is 0 Å². The number of nitrogens with one attached hydrogen (secondary N) is 2. The third kappa shape index (κ3) is 4.52. The summed E-state index contributed by atoms with van der Waals surface area (Å²) in [5.74, 6) is 0.558. The smallest absolute Gasteiger partial charge is 0.240 e. The number of aromatic nitrogens is 3. The van der Waals surface area contributed by atoms with Gasteiger partial charge in [0, 0.05) is 5.56 Å². The summed E-state index contributed by atoms with van der Waals surface area (Å²) in [5, 5.41) is 10.1. The molecule has 140 valence electrons. The number of benzene rings is 2. The molecule has 0 aliphatic rings. The zero-order chi connectivity index (χ0) is 19.4. The highest BCUT2D eigenvalue weighted by molar-refractivity contribution is 7.71. The minimum Gasteiger partial charge on any atom is -0.348 e. The van der Waals surface area contributed by atoms with Crippen LogP contribution in [0.2, 0.25) is 0 Å². The minimum absolute atomic E-state index is 0.0766. The highest BCUT2D eigenvalue weighted by atomic mass is 32.1. The van der Waals surface area contributed by atoms with Gasteiger partial charge in [-0.3, -0.25) is 14.5 Å². The Morgan fingerprint density at radius 2 is 1.85 bits per heavy atom. The molecule has 2 aromatic carbocycles. The van der Waals surface area contributed by atoms with Crippen molar-refractivity contribution in [2.24, 2.45) is 0 Å². The maximum absolute atomic E-state index is 12.6. The summed E-state index contributed by atoms with van der Waals surface area (Å²) in [6, 6.07) is 16.2. The molecule has 1 unspecified atom stereocenters. The summed E-state index contributed by atoms with van der Waals surface area (Å²) in [6.45, 7) is 6.26. The van der Waals surface area contributed by atoms with E-state index in [1.54, 1.807) is 4.57 Å². The van der Waals surface area contributed by atoms with Crippen molar-refractivity contribution in [3.8, 4) is 11.4 Å². The van der Waals surface area contributed by atoms with Crippen molar-refractivity contribution in [2.75, 3.05) is 0 Å². The number of carbonyl (C=O) groups is 1. The molecule has 0 aliphatic carbocycles. The van der Waals surface area contributed by atoms with Crippen molar-refractivity contribution in [1.29, 1.82) is 0 Å². The molecule has 0 saturated carbocycles. The third-order valence-corrected chi connectivity index (χ3v) is 4.95. The van der Waals surface area contributed by atoms with Gasteiger partial charge >= 0.3 is 0 Å². The number of amides is 1. The lowest BCUT2D eigenvalue weighted by atomic mass is 10.1. The molecule has 0 saturated heterocycles. The number of H-pyrrole nitrogens is 1. The monoisotopic (exact) mass is 380 g/mol. The molecule has 0 fully saturated rings. The zero-order valence-electron chi connectivity index (χ0n) is 15.8. The maximum atomic E-state index is 12.6. The van der Waals surface area contributed by atoms with Gasteiger partial charge in [-0.25, -0.2) is 0 Å². The van der Waals surface area contributed by atoms with E-state index in [1.807, 2.05) is 38.1 Å². The molecule has 0 spiro atoms. The van der Waals surface area contributed by atoms with Crippen molar-refractivity contribution in [3.63, 3.8) is 0 Å². The average molecular weight is 381 g/mol. The molecule has 6 heteroatoms. The molecule has 1 atom stereocenters. The fraction of sp³-hybridized carbons (Fsp3) is 0.286.